The lowest BCUT2D eigenvalue weighted by atomic mass is 10.1. The second-order valence-electron chi connectivity index (χ2n) is 5.54. The number of carbonyl (C=O) groups excluding carboxylic acids is 1. The van der Waals surface area contributed by atoms with Crippen molar-refractivity contribution >= 4 is 22.4 Å². The summed E-state index contributed by atoms with van der Waals surface area (Å²) >= 11 is 0. The number of carbonyl (C=O) groups is 1. The molecule has 0 amide bonds. The number of rotatable bonds is 6. The van der Waals surface area contributed by atoms with E-state index in [2.05, 4.69) is 5.32 Å². The first kappa shape index (κ1) is 16.8. The Kier molecular flexibility index (Phi) is 4.61. The Hall–Kier alpha value is -3.02. The molecule has 1 aromatic heterocycles. The van der Waals surface area contributed by atoms with E-state index in [0.29, 0.717) is 33.7 Å². The van der Waals surface area contributed by atoms with Gasteiger partial charge in [0.05, 0.1) is 26.5 Å². The molecule has 25 heavy (non-hydrogen) atoms. The third-order valence-electron chi connectivity index (χ3n) is 4.00. The Morgan fingerprint density at radius 1 is 1.16 bits per heavy atom. The Labute approximate surface area is 144 Å². The highest BCUT2D eigenvalue weighted by molar-refractivity contribution is 6.02. The maximum atomic E-state index is 13.4. The van der Waals surface area contributed by atoms with Gasteiger partial charge in [-0.15, -0.1) is 0 Å². The number of methoxy groups -OCH3 is 2. The zero-order valence-electron chi connectivity index (χ0n) is 14.2. The fourth-order valence-corrected chi connectivity index (χ4v) is 2.67. The molecule has 0 fully saturated rings. The Balaban J connectivity index is 1.83. The number of fused-ring (bicyclic) bond motifs is 1. The van der Waals surface area contributed by atoms with E-state index in [9.17, 15) is 9.18 Å². The summed E-state index contributed by atoms with van der Waals surface area (Å²) in [6.07, 6.45) is 0. The van der Waals surface area contributed by atoms with E-state index in [1.807, 2.05) is 0 Å². The van der Waals surface area contributed by atoms with Crippen molar-refractivity contribution in [1.29, 1.82) is 0 Å². The molecule has 0 aliphatic carbocycles. The van der Waals surface area contributed by atoms with Crippen LogP contribution in [0.3, 0.4) is 0 Å². The molecule has 1 N–H and O–H groups in total. The van der Waals surface area contributed by atoms with Crippen LogP contribution in [0.4, 0.5) is 10.1 Å². The van der Waals surface area contributed by atoms with Crippen LogP contribution in [0.25, 0.3) is 11.0 Å². The molecule has 0 radical (unpaired) electrons. The van der Waals surface area contributed by atoms with Gasteiger partial charge in [0.1, 0.15) is 22.9 Å². The first-order valence-electron chi connectivity index (χ1n) is 7.71. The van der Waals surface area contributed by atoms with E-state index in [-0.39, 0.29) is 23.9 Å². The lowest BCUT2D eigenvalue weighted by Gasteiger charge is -2.11. The minimum Gasteiger partial charge on any atom is -0.497 e. The second-order valence-corrected chi connectivity index (χ2v) is 5.54. The zero-order valence-corrected chi connectivity index (χ0v) is 14.2. The van der Waals surface area contributed by atoms with Crippen LogP contribution >= 0.6 is 0 Å². The smallest absolute Gasteiger partial charge is 0.217 e. The molecule has 0 saturated heterocycles. The average Bonchev–Trinajstić information content (AvgIpc) is 2.95. The van der Waals surface area contributed by atoms with E-state index in [0.717, 1.165) is 0 Å². The summed E-state index contributed by atoms with van der Waals surface area (Å²) in [4.78, 5) is 12.5. The lowest BCUT2D eigenvalue weighted by Crippen LogP contribution is -2.14. The number of hydrogen-bond acceptors (Lipinski definition) is 5. The number of benzene rings is 2. The molecule has 2 aromatic carbocycles. The maximum Gasteiger partial charge on any atom is 0.217 e. The van der Waals surface area contributed by atoms with Gasteiger partial charge in [-0.1, -0.05) is 0 Å². The van der Waals surface area contributed by atoms with Gasteiger partial charge in [0.2, 0.25) is 5.78 Å². The monoisotopic (exact) mass is 343 g/mol. The first-order chi connectivity index (χ1) is 12.0. The number of aryl methyl sites for hydroxylation is 1. The Morgan fingerprint density at radius 2 is 1.96 bits per heavy atom. The molecule has 3 rings (SSSR count). The molecule has 5 nitrogen and oxygen atoms in total. The minimum absolute atomic E-state index is 0.00662. The van der Waals surface area contributed by atoms with Gasteiger partial charge in [-0.05, 0) is 37.3 Å². The number of hydrogen-bond donors (Lipinski definition) is 1. The predicted octanol–water partition coefficient (Wildman–Crippen LogP) is 4.19. The van der Waals surface area contributed by atoms with Crippen LogP contribution in [-0.4, -0.2) is 26.5 Å². The number of halogens is 1. The third kappa shape index (κ3) is 3.28. The average molecular weight is 343 g/mol. The highest BCUT2D eigenvalue weighted by Crippen LogP contribution is 2.30. The summed E-state index contributed by atoms with van der Waals surface area (Å²) in [7, 11) is 3.11. The van der Waals surface area contributed by atoms with E-state index in [1.165, 1.54) is 18.2 Å². The van der Waals surface area contributed by atoms with Crippen LogP contribution < -0.4 is 14.8 Å². The van der Waals surface area contributed by atoms with Gasteiger partial charge in [-0.2, -0.15) is 0 Å². The highest BCUT2D eigenvalue weighted by Gasteiger charge is 2.18. The summed E-state index contributed by atoms with van der Waals surface area (Å²) in [5, 5.41) is 3.63. The van der Waals surface area contributed by atoms with Crippen LogP contribution in [0.2, 0.25) is 0 Å². The summed E-state index contributed by atoms with van der Waals surface area (Å²) < 4.78 is 29.4. The fourth-order valence-electron chi connectivity index (χ4n) is 2.67. The van der Waals surface area contributed by atoms with Gasteiger partial charge in [0, 0.05) is 17.0 Å². The van der Waals surface area contributed by atoms with Gasteiger partial charge >= 0.3 is 0 Å². The summed E-state index contributed by atoms with van der Waals surface area (Å²) in [5.74, 6) is 0.853. The molecule has 3 aromatic rings. The predicted molar refractivity (Wildman–Crippen MR) is 93.3 cm³/mol. The molecular formula is C19H18FNO4. The molecule has 1 heterocycles. The summed E-state index contributed by atoms with van der Waals surface area (Å²) in [6.45, 7) is 1.75. The molecule has 0 bridgehead atoms. The van der Waals surface area contributed by atoms with Gasteiger partial charge in [0.25, 0.3) is 0 Å². The number of anilines is 1. The summed E-state index contributed by atoms with van der Waals surface area (Å²) in [6, 6.07) is 9.45. The number of nitrogens with one attached hydrogen (secondary N) is 1. The fraction of sp³-hybridized carbons (Fsp3) is 0.211. The van der Waals surface area contributed by atoms with Gasteiger partial charge in [-0.25, -0.2) is 4.39 Å². The first-order valence-corrected chi connectivity index (χ1v) is 7.71. The van der Waals surface area contributed by atoms with Crippen molar-refractivity contribution in [3.8, 4) is 11.5 Å². The normalized spacial score (nSPS) is 10.7. The molecule has 6 heteroatoms. The molecule has 0 aliphatic rings. The largest absolute Gasteiger partial charge is 0.497 e. The van der Waals surface area contributed by atoms with Crippen LogP contribution in [0.5, 0.6) is 11.5 Å². The zero-order chi connectivity index (χ0) is 18.0. The molecule has 0 aliphatic heterocycles. The summed E-state index contributed by atoms with van der Waals surface area (Å²) in [5.41, 5.74) is 1.75. The number of ether oxygens (including phenoxy) is 2. The van der Waals surface area contributed by atoms with E-state index in [1.54, 1.807) is 39.3 Å². The molecule has 0 atom stereocenters. The van der Waals surface area contributed by atoms with Crippen molar-refractivity contribution in [2.45, 2.75) is 6.92 Å². The number of furan rings is 1. The van der Waals surface area contributed by atoms with Crippen molar-refractivity contribution in [2.24, 2.45) is 0 Å². The SMILES string of the molecule is COc1ccc(OC)c(NCC(=O)c2oc3ccc(F)cc3c2C)c1. The van der Waals surface area contributed by atoms with E-state index in [4.69, 9.17) is 13.9 Å². The topological polar surface area (TPSA) is 60.7 Å². The minimum atomic E-state index is -0.366. The molecule has 0 spiro atoms. The Morgan fingerprint density at radius 3 is 2.68 bits per heavy atom. The molecular weight excluding hydrogens is 325 g/mol. The van der Waals surface area contributed by atoms with E-state index < -0.39 is 0 Å². The van der Waals surface area contributed by atoms with Gasteiger partial charge in [0.15, 0.2) is 5.76 Å². The van der Waals surface area contributed by atoms with Crippen molar-refractivity contribution < 1.29 is 23.1 Å². The third-order valence-corrected chi connectivity index (χ3v) is 4.00. The standard InChI is InChI=1S/C19H18FNO4/c1-11-14-8-12(20)4-6-17(14)25-19(11)16(22)10-21-15-9-13(23-2)5-7-18(15)24-3/h4-9,21H,10H2,1-3H3. The van der Waals surface area contributed by atoms with Gasteiger partial charge < -0.3 is 19.2 Å². The molecule has 0 unspecified atom stereocenters. The van der Waals surface area contributed by atoms with E-state index >= 15 is 0 Å². The van der Waals surface area contributed by atoms with Crippen LogP contribution in [0.1, 0.15) is 16.1 Å². The highest BCUT2D eigenvalue weighted by atomic mass is 19.1. The van der Waals surface area contributed by atoms with Gasteiger partial charge in [-0.3, -0.25) is 4.79 Å². The maximum absolute atomic E-state index is 13.4. The van der Waals surface area contributed by atoms with Crippen LogP contribution in [-0.2, 0) is 0 Å². The van der Waals surface area contributed by atoms with Crippen LogP contribution in [0.15, 0.2) is 40.8 Å². The molecule has 130 valence electrons. The number of ketones is 1. The van der Waals surface area contributed by atoms with Crippen LogP contribution in [0, 0.1) is 12.7 Å². The Bertz CT molecular complexity index is 933. The number of Topliss-reactive ketones (excluding diaryl/α,β-unsaturated/α-hetero) is 1. The van der Waals surface area contributed by atoms with Crippen molar-refractivity contribution in [1.82, 2.24) is 0 Å². The second kappa shape index (κ2) is 6.84. The van der Waals surface area contributed by atoms with Crippen molar-refractivity contribution in [3.05, 3.63) is 53.5 Å². The quantitative estimate of drug-likeness (QED) is 0.680. The molecule has 0 saturated carbocycles. The van der Waals surface area contributed by atoms with Crippen molar-refractivity contribution in [2.75, 3.05) is 26.1 Å². The lowest BCUT2D eigenvalue weighted by molar-refractivity contribution is 0.0981. The van der Waals surface area contributed by atoms with Crippen molar-refractivity contribution in [3.63, 3.8) is 0 Å².